The van der Waals surface area contributed by atoms with Crippen molar-refractivity contribution in [2.45, 2.75) is 25.9 Å². The summed E-state index contributed by atoms with van der Waals surface area (Å²) in [5.41, 5.74) is 17.2. The number of rotatable bonds is 7. The molecule has 0 saturated carbocycles. The highest BCUT2D eigenvalue weighted by Crippen LogP contribution is 2.30. The number of amides is 1. The van der Waals surface area contributed by atoms with Crippen LogP contribution in [0.3, 0.4) is 0 Å². The van der Waals surface area contributed by atoms with Gasteiger partial charge in [0.05, 0.1) is 5.69 Å². The number of carbonyl (C=O) groups excluding carboxylic acids is 1. The van der Waals surface area contributed by atoms with Gasteiger partial charge in [-0.3, -0.25) is 9.80 Å². The van der Waals surface area contributed by atoms with Gasteiger partial charge in [0.15, 0.2) is 0 Å². The number of nitrogens with two attached hydrogens (primary N) is 1. The molecule has 1 aliphatic heterocycles. The summed E-state index contributed by atoms with van der Waals surface area (Å²) in [5.74, 6) is -0.345. The van der Waals surface area contributed by atoms with Gasteiger partial charge in [0.25, 0.3) is 0 Å². The zero-order valence-electron chi connectivity index (χ0n) is 15.6. The van der Waals surface area contributed by atoms with Crippen molar-refractivity contribution in [1.82, 2.24) is 10.9 Å². The molecule has 0 saturated heterocycles. The molecule has 2 aromatic rings. The highest BCUT2D eigenvalue weighted by atomic mass is 16.1. The van der Waals surface area contributed by atoms with E-state index in [2.05, 4.69) is 28.1 Å². The number of benzene rings is 2. The molecular weight excluding hydrogens is 338 g/mol. The first-order valence-corrected chi connectivity index (χ1v) is 8.96. The van der Waals surface area contributed by atoms with Crippen LogP contribution in [-0.4, -0.2) is 25.2 Å². The molecule has 6 nitrogen and oxygen atoms in total. The topological polar surface area (TPSA) is 82.8 Å². The number of hydrogen-bond acceptors (Lipinski definition) is 5. The van der Waals surface area contributed by atoms with Gasteiger partial charge in [0.1, 0.15) is 6.04 Å². The van der Waals surface area contributed by atoms with E-state index in [-0.39, 0.29) is 5.91 Å². The highest BCUT2D eigenvalue weighted by molar-refractivity contribution is 5.86. The third kappa shape index (κ3) is 4.35. The molecule has 1 unspecified atom stereocenters. The van der Waals surface area contributed by atoms with Crippen LogP contribution in [0.15, 0.2) is 59.7 Å². The fraction of sp³-hybridized carbons (Fsp3) is 0.238. The maximum absolute atomic E-state index is 12.1. The lowest BCUT2D eigenvalue weighted by atomic mass is 10.0. The molecule has 0 radical (unpaired) electrons. The van der Waals surface area contributed by atoms with Crippen LogP contribution in [-0.2, 0) is 17.8 Å². The second kappa shape index (κ2) is 8.51. The van der Waals surface area contributed by atoms with E-state index in [4.69, 9.17) is 5.73 Å². The molecule has 4 N–H and O–H groups in total. The Balaban J connectivity index is 1.83. The molecule has 0 fully saturated rings. The normalized spacial score (nSPS) is 15.0. The molecular formula is C21H25N5O. The second-order valence-electron chi connectivity index (χ2n) is 6.51. The van der Waals surface area contributed by atoms with E-state index < -0.39 is 6.04 Å². The van der Waals surface area contributed by atoms with Gasteiger partial charge in [-0.05, 0) is 47.4 Å². The summed E-state index contributed by atoms with van der Waals surface area (Å²) in [6, 6.07) is 15.7. The number of allylic oxidation sites excluding steroid dienone is 2. The van der Waals surface area contributed by atoms with Crippen LogP contribution in [0, 0.1) is 0 Å². The van der Waals surface area contributed by atoms with Gasteiger partial charge in [-0.15, -0.1) is 0 Å². The average Bonchev–Trinajstić information content (AvgIpc) is 3.09. The smallest absolute Gasteiger partial charge is 0.242 e. The first-order chi connectivity index (χ1) is 13.1. The SMILES string of the molecule is CN/N=C\C=C(/C)c1ccc2c(c1)CNN2C(Cc1ccccc1)C(N)=O. The Morgan fingerprint density at radius 2 is 2.11 bits per heavy atom. The lowest BCUT2D eigenvalue weighted by Crippen LogP contribution is -2.50. The van der Waals surface area contributed by atoms with Crippen molar-refractivity contribution in [2.75, 3.05) is 12.1 Å². The van der Waals surface area contributed by atoms with Crippen LogP contribution in [0.5, 0.6) is 0 Å². The van der Waals surface area contributed by atoms with Crippen LogP contribution in [0.1, 0.15) is 23.6 Å². The number of primary amides is 1. The minimum absolute atomic E-state index is 0.345. The third-order valence-electron chi connectivity index (χ3n) is 4.67. The average molecular weight is 363 g/mol. The van der Waals surface area contributed by atoms with E-state index in [0.29, 0.717) is 13.0 Å². The van der Waals surface area contributed by atoms with Crippen molar-refractivity contribution < 1.29 is 4.79 Å². The highest BCUT2D eigenvalue weighted by Gasteiger charge is 2.30. The summed E-state index contributed by atoms with van der Waals surface area (Å²) in [4.78, 5) is 12.1. The number of nitrogens with zero attached hydrogens (tertiary/aromatic N) is 2. The molecule has 1 heterocycles. The number of carbonyl (C=O) groups is 1. The molecule has 6 heteroatoms. The summed E-state index contributed by atoms with van der Waals surface area (Å²) >= 11 is 0. The van der Waals surface area contributed by atoms with Crippen molar-refractivity contribution in [3.8, 4) is 0 Å². The van der Waals surface area contributed by atoms with Crippen LogP contribution in [0.25, 0.3) is 5.57 Å². The summed E-state index contributed by atoms with van der Waals surface area (Å²) in [7, 11) is 1.76. The van der Waals surface area contributed by atoms with E-state index in [0.717, 1.165) is 28.0 Å². The molecule has 2 aromatic carbocycles. The molecule has 1 aliphatic rings. The van der Waals surface area contributed by atoms with Crippen molar-refractivity contribution in [2.24, 2.45) is 10.8 Å². The monoisotopic (exact) mass is 363 g/mol. The number of hydrazine groups is 1. The molecule has 27 heavy (non-hydrogen) atoms. The van der Waals surface area contributed by atoms with Gasteiger partial charge in [-0.25, -0.2) is 5.43 Å². The molecule has 0 spiro atoms. The lowest BCUT2D eigenvalue weighted by molar-refractivity contribution is -0.119. The summed E-state index contributed by atoms with van der Waals surface area (Å²) in [6.07, 6.45) is 4.25. The van der Waals surface area contributed by atoms with Crippen LogP contribution >= 0.6 is 0 Å². The minimum Gasteiger partial charge on any atom is -0.368 e. The number of hydrogen-bond donors (Lipinski definition) is 3. The van der Waals surface area contributed by atoms with Gasteiger partial charge >= 0.3 is 0 Å². The number of anilines is 1. The van der Waals surface area contributed by atoms with Crippen LogP contribution < -0.4 is 21.6 Å². The predicted molar refractivity (Wildman–Crippen MR) is 110 cm³/mol. The first-order valence-electron chi connectivity index (χ1n) is 8.96. The van der Waals surface area contributed by atoms with E-state index in [1.54, 1.807) is 13.3 Å². The fourth-order valence-electron chi connectivity index (χ4n) is 3.22. The lowest BCUT2D eigenvalue weighted by Gasteiger charge is -2.28. The van der Waals surface area contributed by atoms with Gasteiger partial charge in [0.2, 0.25) is 5.91 Å². The maximum Gasteiger partial charge on any atom is 0.242 e. The Morgan fingerprint density at radius 3 is 2.81 bits per heavy atom. The largest absolute Gasteiger partial charge is 0.368 e. The fourth-order valence-corrected chi connectivity index (χ4v) is 3.22. The summed E-state index contributed by atoms with van der Waals surface area (Å²) < 4.78 is 0. The van der Waals surface area contributed by atoms with Crippen LogP contribution in [0.2, 0.25) is 0 Å². The summed E-state index contributed by atoms with van der Waals surface area (Å²) in [5, 5.41) is 5.88. The molecule has 1 atom stereocenters. The molecule has 0 aromatic heterocycles. The Morgan fingerprint density at radius 1 is 1.33 bits per heavy atom. The van der Waals surface area contributed by atoms with E-state index >= 15 is 0 Å². The Labute approximate surface area is 159 Å². The predicted octanol–water partition coefficient (Wildman–Crippen LogP) is 2.22. The molecule has 1 amide bonds. The number of fused-ring (bicyclic) bond motifs is 1. The molecule has 0 bridgehead atoms. The zero-order chi connectivity index (χ0) is 19.2. The molecule has 140 valence electrons. The van der Waals surface area contributed by atoms with Crippen molar-refractivity contribution in [1.29, 1.82) is 0 Å². The van der Waals surface area contributed by atoms with Crippen molar-refractivity contribution >= 4 is 23.4 Å². The second-order valence-corrected chi connectivity index (χ2v) is 6.51. The number of nitrogens with one attached hydrogen (secondary N) is 2. The van der Waals surface area contributed by atoms with Crippen LogP contribution in [0.4, 0.5) is 5.69 Å². The number of hydrazone groups is 1. The van der Waals surface area contributed by atoms with Gasteiger partial charge in [0, 0.05) is 26.2 Å². The summed E-state index contributed by atoms with van der Waals surface area (Å²) in [6.45, 7) is 2.71. The first kappa shape index (κ1) is 18.7. The van der Waals surface area contributed by atoms with Crippen molar-refractivity contribution in [3.05, 3.63) is 71.3 Å². The van der Waals surface area contributed by atoms with Gasteiger partial charge in [-0.2, -0.15) is 5.10 Å². The van der Waals surface area contributed by atoms with Gasteiger partial charge in [-0.1, -0.05) is 36.4 Å². The van der Waals surface area contributed by atoms with E-state index in [1.165, 1.54) is 0 Å². The van der Waals surface area contributed by atoms with Gasteiger partial charge < -0.3 is 11.2 Å². The quantitative estimate of drug-likeness (QED) is 0.520. The Kier molecular flexibility index (Phi) is 5.88. The standard InChI is InChI=1S/C21H25N5O/c1-15(10-11-24-23-2)17-8-9-19-18(13-17)14-25-26(19)20(21(22)27)12-16-6-4-3-5-7-16/h3-11,13,20,23,25H,12,14H2,1-2H3,(H2,22,27)/b15-10+,24-11-. The third-order valence-corrected chi connectivity index (χ3v) is 4.67. The maximum atomic E-state index is 12.1. The molecule has 0 aliphatic carbocycles. The zero-order valence-corrected chi connectivity index (χ0v) is 15.6. The van der Waals surface area contributed by atoms with E-state index in [9.17, 15) is 4.79 Å². The Bertz CT molecular complexity index is 860. The Hall–Kier alpha value is -3.12. The van der Waals surface area contributed by atoms with E-state index in [1.807, 2.05) is 54.4 Å². The van der Waals surface area contributed by atoms with Crippen molar-refractivity contribution in [3.63, 3.8) is 0 Å². The minimum atomic E-state index is -0.445. The molecule has 3 rings (SSSR count).